The van der Waals surface area contributed by atoms with Crippen LogP contribution in [0.2, 0.25) is 0 Å². The zero-order valence-corrected chi connectivity index (χ0v) is 21.3. The average Bonchev–Trinajstić information content (AvgIpc) is 2.92. The van der Waals surface area contributed by atoms with Gasteiger partial charge in [0.05, 0.1) is 0 Å². The summed E-state index contributed by atoms with van der Waals surface area (Å²) in [6, 6.07) is 15.2. The Balaban J connectivity index is 1.29. The molecular weight excluding hydrogens is 468 g/mol. The summed E-state index contributed by atoms with van der Waals surface area (Å²) < 4.78 is 48.9. The van der Waals surface area contributed by atoms with Crippen LogP contribution in [0, 0.1) is 35.2 Å². The fourth-order valence-corrected chi connectivity index (χ4v) is 6.04. The molecule has 0 aromatic heterocycles. The predicted octanol–water partition coefficient (Wildman–Crippen LogP) is 8.95. The number of ether oxygens (including phenoxy) is 1. The van der Waals surface area contributed by atoms with E-state index in [0.717, 1.165) is 53.7 Å². The van der Waals surface area contributed by atoms with Gasteiger partial charge in [-0.05, 0) is 90.3 Å². The van der Waals surface area contributed by atoms with Crippen LogP contribution < -0.4 is 4.74 Å². The zero-order chi connectivity index (χ0) is 25.9. The maximum absolute atomic E-state index is 15.2. The molecule has 1 fully saturated rings. The molecule has 1 saturated carbocycles. The van der Waals surface area contributed by atoms with Crippen molar-refractivity contribution in [2.75, 3.05) is 6.51 Å². The number of hydrogen-bond acceptors (Lipinski definition) is 1. The summed E-state index contributed by atoms with van der Waals surface area (Å²) in [5.74, 6) is -0.0748. The summed E-state index contributed by atoms with van der Waals surface area (Å²) in [6.45, 7) is 2.12. The van der Waals surface area contributed by atoms with Crippen molar-refractivity contribution in [1.82, 2.24) is 0 Å². The first-order chi connectivity index (χ1) is 17.9. The number of allylic oxidation sites excluding steroid dienone is 2. The monoisotopic (exact) mass is 500 g/mol. The highest BCUT2D eigenvalue weighted by atomic mass is 19.2. The lowest BCUT2D eigenvalue weighted by Gasteiger charge is -2.34. The summed E-state index contributed by atoms with van der Waals surface area (Å²) in [6.07, 6.45) is 10.7. The van der Waals surface area contributed by atoms with E-state index in [1.807, 2.05) is 12.1 Å². The average molecular weight is 500 g/mol. The van der Waals surface area contributed by atoms with E-state index in [0.29, 0.717) is 11.1 Å². The quantitative estimate of drug-likeness (QED) is 0.307. The van der Waals surface area contributed by atoms with Gasteiger partial charge < -0.3 is 4.74 Å². The normalized spacial score (nSPS) is 21.9. The van der Waals surface area contributed by atoms with Gasteiger partial charge in [0, 0.05) is 17.6 Å². The largest absolute Gasteiger partial charge is 0.500 e. The van der Waals surface area contributed by atoms with E-state index >= 15 is 4.39 Å². The Bertz CT molecular complexity index is 1280. The lowest BCUT2D eigenvalue weighted by atomic mass is 9.71. The van der Waals surface area contributed by atoms with Crippen molar-refractivity contribution in [2.24, 2.45) is 17.8 Å². The van der Waals surface area contributed by atoms with E-state index in [9.17, 15) is 8.78 Å². The Morgan fingerprint density at radius 3 is 2.08 bits per heavy atom. The van der Waals surface area contributed by atoms with Gasteiger partial charge >= 0.3 is 0 Å². The third kappa shape index (κ3) is 5.51. The number of benzene rings is 3. The molecule has 0 spiro atoms. The minimum absolute atomic E-state index is 0.125. The highest BCUT2D eigenvalue weighted by Gasteiger charge is 2.28. The van der Waals surface area contributed by atoms with E-state index in [1.54, 1.807) is 30.3 Å². The molecule has 5 heteroatoms. The van der Waals surface area contributed by atoms with Crippen molar-refractivity contribution in [2.45, 2.75) is 51.9 Å². The Hall–Kier alpha value is -2.95. The third-order valence-corrected chi connectivity index (χ3v) is 8.31. The van der Waals surface area contributed by atoms with Gasteiger partial charge in [-0.15, -0.1) is 0 Å². The molecule has 0 aliphatic heterocycles. The fourth-order valence-electron chi connectivity index (χ4n) is 6.04. The first-order valence-electron chi connectivity index (χ1n) is 13.3. The first-order valence-corrected chi connectivity index (χ1v) is 13.3. The topological polar surface area (TPSA) is 9.23 Å². The summed E-state index contributed by atoms with van der Waals surface area (Å²) in [5, 5.41) is 0. The van der Waals surface area contributed by atoms with Crippen LogP contribution in [0.4, 0.5) is 13.2 Å². The van der Waals surface area contributed by atoms with Crippen molar-refractivity contribution in [3.05, 3.63) is 83.7 Å². The minimum Gasteiger partial charge on any atom is -0.500 e. The van der Waals surface area contributed by atoms with Crippen LogP contribution in [0.1, 0.15) is 57.4 Å². The van der Waals surface area contributed by atoms with Gasteiger partial charge in [-0.25, -0.2) is 8.78 Å². The molecule has 1 nitrogen and oxygen atoms in total. The zero-order valence-electron chi connectivity index (χ0n) is 21.3. The number of halogens is 3. The summed E-state index contributed by atoms with van der Waals surface area (Å²) in [7, 11) is 5.26. The molecule has 0 saturated heterocycles. The molecule has 3 aromatic carbocycles. The molecule has 0 N–H and O–H groups in total. The lowest BCUT2D eigenvalue weighted by molar-refractivity contribution is 0.202. The van der Waals surface area contributed by atoms with Crippen molar-refractivity contribution in [3.63, 3.8) is 0 Å². The van der Waals surface area contributed by atoms with Gasteiger partial charge in [-0.1, -0.05) is 62.2 Å². The number of rotatable bonds is 6. The van der Waals surface area contributed by atoms with Gasteiger partial charge in [0.15, 0.2) is 11.6 Å². The molecule has 37 heavy (non-hydrogen) atoms. The molecule has 1 unspecified atom stereocenters. The van der Waals surface area contributed by atoms with Gasteiger partial charge in [-0.3, -0.25) is 0 Å². The standard InChI is InChI=1S/C32H32BF3O/c1-20-2-4-21(5-3-20)22-6-10-24(11-7-22)27-15-14-26(18-29(27)34)23-8-12-25(13-9-23)28-16-17-30(37-19-33)32(36)31(28)35/h8-10,12-18,20-22H,2-7,11,19H2,1H3. The molecule has 2 aliphatic rings. The molecule has 1 atom stereocenters. The van der Waals surface area contributed by atoms with Gasteiger partial charge in [0.25, 0.3) is 0 Å². The van der Waals surface area contributed by atoms with Gasteiger partial charge in [0.2, 0.25) is 5.82 Å². The van der Waals surface area contributed by atoms with E-state index in [1.165, 1.54) is 37.8 Å². The van der Waals surface area contributed by atoms with Crippen LogP contribution in [0.15, 0.2) is 60.7 Å². The summed E-state index contributed by atoms with van der Waals surface area (Å²) >= 11 is 0. The molecule has 0 bridgehead atoms. The SMILES string of the molecule is [B]COc1ccc(-c2ccc(-c3ccc(C4=CCC(C5CCC(C)CC5)CC4)c(F)c3)cc2)c(F)c1F. The predicted molar refractivity (Wildman–Crippen MR) is 145 cm³/mol. The smallest absolute Gasteiger partial charge is 0.201 e. The van der Waals surface area contributed by atoms with Crippen LogP contribution in [-0.4, -0.2) is 14.4 Å². The maximum atomic E-state index is 15.2. The van der Waals surface area contributed by atoms with Crippen LogP contribution in [0.3, 0.4) is 0 Å². The maximum Gasteiger partial charge on any atom is 0.201 e. The molecular formula is C32H32BF3O. The van der Waals surface area contributed by atoms with Crippen LogP contribution >= 0.6 is 0 Å². The van der Waals surface area contributed by atoms with Crippen molar-refractivity contribution in [3.8, 4) is 28.0 Å². The highest BCUT2D eigenvalue weighted by molar-refractivity contribution is 6.08. The Labute approximate surface area is 219 Å². The Morgan fingerprint density at radius 2 is 1.43 bits per heavy atom. The first kappa shape index (κ1) is 25.7. The second-order valence-electron chi connectivity index (χ2n) is 10.6. The van der Waals surface area contributed by atoms with E-state index < -0.39 is 11.6 Å². The molecule has 0 amide bonds. The number of hydrogen-bond donors (Lipinski definition) is 0. The van der Waals surface area contributed by atoms with E-state index in [4.69, 9.17) is 12.6 Å². The Morgan fingerprint density at radius 1 is 0.757 bits per heavy atom. The highest BCUT2D eigenvalue weighted by Crippen LogP contribution is 2.42. The fraction of sp³-hybridized carbons (Fsp3) is 0.375. The molecule has 2 aliphatic carbocycles. The van der Waals surface area contributed by atoms with Crippen molar-refractivity contribution in [1.29, 1.82) is 0 Å². The van der Waals surface area contributed by atoms with Crippen LogP contribution in [0.5, 0.6) is 5.75 Å². The van der Waals surface area contributed by atoms with E-state index in [-0.39, 0.29) is 23.6 Å². The van der Waals surface area contributed by atoms with Gasteiger partial charge in [-0.2, -0.15) is 4.39 Å². The molecule has 190 valence electrons. The Kier molecular flexibility index (Phi) is 7.78. The van der Waals surface area contributed by atoms with Crippen LogP contribution in [0.25, 0.3) is 27.8 Å². The van der Waals surface area contributed by atoms with Gasteiger partial charge in [0.1, 0.15) is 13.7 Å². The minimum atomic E-state index is -1.07. The van der Waals surface area contributed by atoms with E-state index in [2.05, 4.69) is 13.0 Å². The summed E-state index contributed by atoms with van der Waals surface area (Å²) in [4.78, 5) is 0. The van der Waals surface area contributed by atoms with Crippen molar-refractivity contribution < 1.29 is 17.9 Å². The molecule has 2 radical (unpaired) electrons. The molecule has 5 rings (SSSR count). The summed E-state index contributed by atoms with van der Waals surface area (Å²) in [5.41, 5.74) is 4.00. The second kappa shape index (κ2) is 11.2. The lowest BCUT2D eigenvalue weighted by Crippen LogP contribution is -2.22. The van der Waals surface area contributed by atoms with Crippen LogP contribution in [-0.2, 0) is 0 Å². The molecule has 3 aromatic rings. The van der Waals surface area contributed by atoms with Crippen molar-refractivity contribution >= 4 is 13.4 Å². The third-order valence-electron chi connectivity index (χ3n) is 8.31. The second-order valence-corrected chi connectivity index (χ2v) is 10.6. The molecule has 0 heterocycles.